The van der Waals surface area contributed by atoms with Gasteiger partial charge in [-0.2, -0.15) is 0 Å². The molecular weight excluding hydrogens is 377 g/mol. The highest BCUT2D eigenvalue weighted by atomic mass is 127. The molecule has 0 aromatic carbocycles. The van der Waals surface area contributed by atoms with Crippen LogP contribution in [0, 0.1) is 11.8 Å². The van der Waals surface area contributed by atoms with Crippen molar-refractivity contribution in [3.63, 3.8) is 0 Å². The lowest BCUT2D eigenvalue weighted by molar-refractivity contribution is 0.187. The SMILES string of the molecule is CCNC(=NCC1CCC(CC)CC1)N1CC[C@@H](O)C1.I. The van der Waals surface area contributed by atoms with E-state index in [4.69, 9.17) is 4.99 Å². The largest absolute Gasteiger partial charge is 0.391 e. The van der Waals surface area contributed by atoms with E-state index in [1.165, 1.54) is 32.1 Å². The molecule has 21 heavy (non-hydrogen) atoms. The average Bonchev–Trinajstić information content (AvgIpc) is 2.90. The van der Waals surface area contributed by atoms with E-state index in [1.807, 2.05) is 0 Å². The summed E-state index contributed by atoms with van der Waals surface area (Å²) >= 11 is 0. The molecule has 4 nitrogen and oxygen atoms in total. The zero-order valence-corrected chi connectivity index (χ0v) is 15.9. The molecule has 0 aromatic heterocycles. The Morgan fingerprint density at radius 2 is 1.81 bits per heavy atom. The first kappa shape index (κ1) is 19.0. The van der Waals surface area contributed by atoms with Gasteiger partial charge in [-0.3, -0.25) is 4.99 Å². The summed E-state index contributed by atoms with van der Waals surface area (Å²) in [6.07, 6.45) is 7.47. The molecule has 2 aliphatic rings. The number of likely N-dealkylation sites (tertiary alicyclic amines) is 1. The first-order valence-electron chi connectivity index (χ1n) is 8.44. The van der Waals surface area contributed by atoms with E-state index in [1.54, 1.807) is 0 Å². The van der Waals surface area contributed by atoms with Crippen molar-refractivity contribution in [1.29, 1.82) is 0 Å². The summed E-state index contributed by atoms with van der Waals surface area (Å²) in [6, 6.07) is 0. The van der Waals surface area contributed by atoms with Crippen LogP contribution >= 0.6 is 24.0 Å². The number of nitrogens with zero attached hydrogens (tertiary/aromatic N) is 2. The third-order valence-electron chi connectivity index (χ3n) is 4.84. The third kappa shape index (κ3) is 5.93. The van der Waals surface area contributed by atoms with E-state index >= 15 is 0 Å². The van der Waals surface area contributed by atoms with Crippen molar-refractivity contribution >= 4 is 29.9 Å². The van der Waals surface area contributed by atoms with Gasteiger partial charge in [0.2, 0.25) is 0 Å². The highest BCUT2D eigenvalue weighted by Crippen LogP contribution is 2.30. The molecule has 0 aromatic rings. The molecule has 0 amide bonds. The second-order valence-electron chi connectivity index (χ2n) is 6.38. The van der Waals surface area contributed by atoms with Crippen molar-refractivity contribution in [2.75, 3.05) is 26.2 Å². The van der Waals surface area contributed by atoms with Crippen LogP contribution in [0.15, 0.2) is 4.99 Å². The standard InChI is InChI=1S/C16H31N3O.HI/c1-3-13-5-7-14(8-6-13)11-18-16(17-4-2)19-10-9-15(20)12-19;/h13-15,20H,3-12H2,1-2H3,(H,17,18);1H/t13?,14?,15-;/m1./s1. The van der Waals surface area contributed by atoms with Gasteiger partial charge in [-0.25, -0.2) is 0 Å². The molecule has 1 saturated carbocycles. The molecule has 1 atom stereocenters. The number of rotatable bonds is 4. The molecule has 1 aliphatic heterocycles. The van der Waals surface area contributed by atoms with Crippen LogP contribution in [0.5, 0.6) is 0 Å². The summed E-state index contributed by atoms with van der Waals surface area (Å²) < 4.78 is 0. The third-order valence-corrected chi connectivity index (χ3v) is 4.84. The van der Waals surface area contributed by atoms with E-state index in [-0.39, 0.29) is 30.1 Å². The maximum absolute atomic E-state index is 9.67. The highest BCUT2D eigenvalue weighted by molar-refractivity contribution is 14.0. The molecule has 1 heterocycles. The second kappa shape index (κ2) is 9.87. The topological polar surface area (TPSA) is 47.9 Å². The molecular formula is C16H32IN3O. The van der Waals surface area contributed by atoms with E-state index in [0.717, 1.165) is 50.4 Å². The monoisotopic (exact) mass is 409 g/mol. The van der Waals surface area contributed by atoms with Crippen molar-refractivity contribution < 1.29 is 5.11 Å². The molecule has 0 spiro atoms. The van der Waals surface area contributed by atoms with Crippen LogP contribution in [0.2, 0.25) is 0 Å². The van der Waals surface area contributed by atoms with Crippen molar-refractivity contribution in [1.82, 2.24) is 10.2 Å². The lowest BCUT2D eigenvalue weighted by Gasteiger charge is -2.27. The first-order chi connectivity index (χ1) is 9.72. The van der Waals surface area contributed by atoms with Gasteiger partial charge >= 0.3 is 0 Å². The Bertz CT molecular complexity index is 317. The molecule has 0 bridgehead atoms. The molecule has 1 saturated heterocycles. The van der Waals surface area contributed by atoms with Gasteiger partial charge in [-0.15, -0.1) is 24.0 Å². The van der Waals surface area contributed by atoms with E-state index in [0.29, 0.717) is 0 Å². The maximum Gasteiger partial charge on any atom is 0.194 e. The number of nitrogens with one attached hydrogen (secondary N) is 1. The predicted molar refractivity (Wildman–Crippen MR) is 99.3 cm³/mol. The Morgan fingerprint density at radius 1 is 1.14 bits per heavy atom. The number of aliphatic hydroxyl groups is 1. The number of aliphatic hydroxyl groups excluding tert-OH is 1. The van der Waals surface area contributed by atoms with Gasteiger partial charge in [0, 0.05) is 26.2 Å². The van der Waals surface area contributed by atoms with Gasteiger partial charge in [0.1, 0.15) is 0 Å². The summed E-state index contributed by atoms with van der Waals surface area (Å²) in [6.45, 7) is 7.92. The van der Waals surface area contributed by atoms with Crippen molar-refractivity contribution in [2.45, 2.75) is 58.5 Å². The Balaban J connectivity index is 0.00000220. The fourth-order valence-corrected chi connectivity index (χ4v) is 3.40. The van der Waals surface area contributed by atoms with E-state index in [9.17, 15) is 5.11 Å². The minimum absolute atomic E-state index is 0. The molecule has 2 N–H and O–H groups in total. The van der Waals surface area contributed by atoms with Crippen LogP contribution in [0.1, 0.15) is 52.4 Å². The predicted octanol–water partition coefficient (Wildman–Crippen LogP) is 2.85. The summed E-state index contributed by atoms with van der Waals surface area (Å²) in [7, 11) is 0. The van der Waals surface area contributed by atoms with Crippen LogP contribution in [-0.4, -0.2) is 48.2 Å². The van der Waals surface area contributed by atoms with Crippen molar-refractivity contribution in [3.05, 3.63) is 0 Å². The quantitative estimate of drug-likeness (QED) is 0.427. The minimum atomic E-state index is -0.182. The number of hydrogen-bond acceptors (Lipinski definition) is 2. The Hall–Kier alpha value is -0.0400. The van der Waals surface area contributed by atoms with E-state index < -0.39 is 0 Å². The van der Waals surface area contributed by atoms with Gasteiger partial charge in [-0.05, 0) is 38.0 Å². The fraction of sp³-hybridized carbons (Fsp3) is 0.938. The molecule has 1 aliphatic carbocycles. The number of β-amino-alcohol motifs (C(OH)–C–C–N with tert-alkyl or cyclic N) is 1. The normalized spacial score (nSPS) is 30.1. The summed E-state index contributed by atoms with van der Waals surface area (Å²) in [5.74, 6) is 2.72. The molecule has 5 heteroatoms. The zero-order chi connectivity index (χ0) is 14.4. The van der Waals surface area contributed by atoms with Gasteiger partial charge in [0.05, 0.1) is 6.10 Å². The van der Waals surface area contributed by atoms with Crippen LogP contribution in [-0.2, 0) is 0 Å². The maximum atomic E-state index is 9.67. The Kier molecular flexibility index (Phi) is 8.94. The molecule has 0 radical (unpaired) electrons. The summed E-state index contributed by atoms with van der Waals surface area (Å²) in [4.78, 5) is 7.03. The average molecular weight is 409 g/mol. The number of guanidine groups is 1. The van der Waals surface area contributed by atoms with Gasteiger partial charge in [0.15, 0.2) is 5.96 Å². The molecule has 2 rings (SSSR count). The Morgan fingerprint density at radius 3 is 2.33 bits per heavy atom. The van der Waals surface area contributed by atoms with Gasteiger partial charge in [-0.1, -0.05) is 26.2 Å². The zero-order valence-electron chi connectivity index (χ0n) is 13.6. The van der Waals surface area contributed by atoms with Crippen LogP contribution in [0.3, 0.4) is 0 Å². The van der Waals surface area contributed by atoms with E-state index in [2.05, 4.69) is 24.1 Å². The van der Waals surface area contributed by atoms with Crippen molar-refractivity contribution in [2.24, 2.45) is 16.8 Å². The highest BCUT2D eigenvalue weighted by Gasteiger charge is 2.24. The van der Waals surface area contributed by atoms with Gasteiger partial charge in [0.25, 0.3) is 0 Å². The molecule has 124 valence electrons. The fourth-order valence-electron chi connectivity index (χ4n) is 3.40. The molecule has 0 unspecified atom stereocenters. The van der Waals surface area contributed by atoms with Crippen LogP contribution < -0.4 is 5.32 Å². The second-order valence-corrected chi connectivity index (χ2v) is 6.38. The minimum Gasteiger partial charge on any atom is -0.391 e. The van der Waals surface area contributed by atoms with Gasteiger partial charge < -0.3 is 15.3 Å². The summed E-state index contributed by atoms with van der Waals surface area (Å²) in [5.41, 5.74) is 0. The lowest BCUT2D eigenvalue weighted by Crippen LogP contribution is -2.40. The number of halogens is 1. The summed E-state index contributed by atoms with van der Waals surface area (Å²) in [5, 5.41) is 13.0. The number of hydrogen-bond donors (Lipinski definition) is 2. The smallest absolute Gasteiger partial charge is 0.194 e. The van der Waals surface area contributed by atoms with Crippen LogP contribution in [0.4, 0.5) is 0 Å². The molecule has 2 fully saturated rings. The van der Waals surface area contributed by atoms with Crippen LogP contribution in [0.25, 0.3) is 0 Å². The first-order valence-corrected chi connectivity index (χ1v) is 8.44. The lowest BCUT2D eigenvalue weighted by atomic mass is 9.81. The Labute approximate surface area is 146 Å². The van der Waals surface area contributed by atoms with Crippen molar-refractivity contribution in [3.8, 4) is 0 Å². The number of aliphatic imine (C=N–C) groups is 1.